The van der Waals surface area contributed by atoms with E-state index in [1.54, 1.807) is 10.9 Å². The lowest BCUT2D eigenvalue weighted by Crippen LogP contribution is -2.40. The number of thioether (sulfide) groups is 1. The van der Waals surface area contributed by atoms with Crippen LogP contribution in [0.1, 0.15) is 39.0 Å². The summed E-state index contributed by atoms with van der Waals surface area (Å²) in [7, 11) is 1.85. The molecular formula is C15H21N5OS. The third kappa shape index (κ3) is 3.24. The fraction of sp³-hybridized carbons (Fsp3) is 0.600. The van der Waals surface area contributed by atoms with Crippen molar-refractivity contribution in [3.63, 3.8) is 0 Å². The monoisotopic (exact) mass is 319 g/mol. The van der Waals surface area contributed by atoms with E-state index in [1.165, 1.54) is 37.4 Å². The molecule has 22 heavy (non-hydrogen) atoms. The van der Waals surface area contributed by atoms with E-state index >= 15 is 0 Å². The summed E-state index contributed by atoms with van der Waals surface area (Å²) in [6.07, 6.45) is 9.20. The largest absolute Gasteiger partial charge is 0.352 e. The number of hydrogen-bond acceptors (Lipinski definition) is 5. The Balaban J connectivity index is 1.67. The summed E-state index contributed by atoms with van der Waals surface area (Å²) in [6.45, 7) is 1.92. The van der Waals surface area contributed by atoms with Crippen LogP contribution < -0.4 is 5.32 Å². The van der Waals surface area contributed by atoms with Crippen LogP contribution in [0.2, 0.25) is 0 Å². The molecular weight excluding hydrogens is 298 g/mol. The average molecular weight is 319 g/mol. The lowest BCUT2D eigenvalue weighted by molar-refractivity contribution is -0.121. The summed E-state index contributed by atoms with van der Waals surface area (Å²) in [5.74, 6) is 0.0903. The molecule has 1 unspecified atom stereocenters. The normalized spacial score (nSPS) is 17.5. The van der Waals surface area contributed by atoms with E-state index in [4.69, 9.17) is 0 Å². The summed E-state index contributed by atoms with van der Waals surface area (Å²) < 4.78 is 1.72. The van der Waals surface area contributed by atoms with Crippen LogP contribution in [0.3, 0.4) is 0 Å². The number of fused-ring (bicyclic) bond motifs is 1. The van der Waals surface area contributed by atoms with E-state index in [0.29, 0.717) is 6.04 Å². The second-order valence-corrected chi connectivity index (χ2v) is 7.12. The minimum Gasteiger partial charge on any atom is -0.352 e. The van der Waals surface area contributed by atoms with Crippen molar-refractivity contribution in [2.75, 3.05) is 0 Å². The number of amides is 1. The molecule has 7 heteroatoms. The number of carbonyl (C=O) groups is 1. The van der Waals surface area contributed by atoms with Gasteiger partial charge in [-0.2, -0.15) is 5.10 Å². The van der Waals surface area contributed by atoms with E-state index in [1.807, 2.05) is 14.0 Å². The van der Waals surface area contributed by atoms with Crippen LogP contribution in [0, 0.1) is 0 Å². The predicted octanol–water partition coefficient (Wildman–Crippen LogP) is 2.29. The molecule has 1 saturated carbocycles. The number of nitrogens with one attached hydrogen (secondary N) is 1. The fourth-order valence-corrected chi connectivity index (χ4v) is 3.71. The second kappa shape index (κ2) is 6.64. The molecule has 1 fully saturated rings. The smallest absolute Gasteiger partial charge is 0.233 e. The van der Waals surface area contributed by atoms with Crippen LogP contribution in [-0.2, 0) is 11.8 Å². The number of carbonyl (C=O) groups excluding carboxylic acids is 1. The molecule has 1 aliphatic rings. The van der Waals surface area contributed by atoms with Crippen LogP contribution in [0.5, 0.6) is 0 Å². The van der Waals surface area contributed by atoms with Gasteiger partial charge in [0.2, 0.25) is 5.91 Å². The minimum absolute atomic E-state index is 0.0903. The van der Waals surface area contributed by atoms with Gasteiger partial charge in [-0.15, -0.1) is 0 Å². The van der Waals surface area contributed by atoms with Crippen molar-refractivity contribution in [1.29, 1.82) is 0 Å². The fourth-order valence-electron chi connectivity index (χ4n) is 2.82. The summed E-state index contributed by atoms with van der Waals surface area (Å²) in [5, 5.41) is 8.90. The molecule has 0 aliphatic heterocycles. The number of rotatable bonds is 4. The van der Waals surface area contributed by atoms with Crippen molar-refractivity contribution in [2.24, 2.45) is 7.05 Å². The third-order valence-corrected chi connectivity index (χ3v) is 5.22. The van der Waals surface area contributed by atoms with Crippen molar-refractivity contribution in [1.82, 2.24) is 25.1 Å². The summed E-state index contributed by atoms with van der Waals surface area (Å²) >= 11 is 1.47. The molecule has 3 rings (SSSR count). The van der Waals surface area contributed by atoms with Crippen LogP contribution in [0.15, 0.2) is 17.6 Å². The lowest BCUT2D eigenvalue weighted by atomic mass is 9.95. The molecule has 2 heterocycles. The Kier molecular flexibility index (Phi) is 4.61. The number of hydrogen-bond donors (Lipinski definition) is 1. The first-order valence-electron chi connectivity index (χ1n) is 7.75. The van der Waals surface area contributed by atoms with E-state index < -0.39 is 0 Å². The topological polar surface area (TPSA) is 72.7 Å². The van der Waals surface area contributed by atoms with Gasteiger partial charge in [0, 0.05) is 13.1 Å². The number of aryl methyl sites for hydroxylation is 1. The summed E-state index contributed by atoms with van der Waals surface area (Å²) in [6, 6.07) is 0.341. The number of nitrogens with zero attached hydrogens (tertiary/aromatic N) is 4. The highest BCUT2D eigenvalue weighted by Gasteiger charge is 2.21. The van der Waals surface area contributed by atoms with Crippen molar-refractivity contribution < 1.29 is 4.79 Å². The maximum absolute atomic E-state index is 12.4. The van der Waals surface area contributed by atoms with Gasteiger partial charge in [0.25, 0.3) is 0 Å². The Bertz CT molecular complexity index is 665. The highest BCUT2D eigenvalue weighted by molar-refractivity contribution is 8.00. The van der Waals surface area contributed by atoms with Gasteiger partial charge in [-0.3, -0.25) is 9.48 Å². The molecule has 0 bridgehead atoms. The third-order valence-electron chi connectivity index (χ3n) is 4.10. The molecule has 2 aromatic heterocycles. The summed E-state index contributed by atoms with van der Waals surface area (Å²) in [4.78, 5) is 20.9. The number of aromatic nitrogens is 4. The molecule has 0 aromatic carbocycles. The summed E-state index contributed by atoms with van der Waals surface area (Å²) in [5.41, 5.74) is 0.789. The van der Waals surface area contributed by atoms with Gasteiger partial charge in [-0.05, 0) is 19.8 Å². The van der Waals surface area contributed by atoms with Crippen LogP contribution in [-0.4, -0.2) is 36.9 Å². The molecule has 1 atom stereocenters. The van der Waals surface area contributed by atoms with Crippen LogP contribution in [0.4, 0.5) is 0 Å². The lowest BCUT2D eigenvalue weighted by Gasteiger charge is -2.24. The Morgan fingerprint density at radius 2 is 2.14 bits per heavy atom. The van der Waals surface area contributed by atoms with E-state index in [2.05, 4.69) is 20.4 Å². The SMILES string of the molecule is CC(Sc1ncnc2c1cnn2C)C(=O)NC1CCCCC1. The molecule has 0 spiro atoms. The van der Waals surface area contributed by atoms with Gasteiger partial charge >= 0.3 is 0 Å². The first-order chi connectivity index (χ1) is 10.6. The standard InChI is InChI=1S/C15H21N5OS/c1-10(14(21)19-11-6-4-3-5-7-11)22-15-12-8-18-20(2)13(12)16-9-17-15/h8-11H,3-7H2,1-2H3,(H,19,21). The minimum atomic E-state index is -0.180. The van der Waals surface area contributed by atoms with Gasteiger partial charge in [-0.1, -0.05) is 31.0 Å². The highest BCUT2D eigenvalue weighted by atomic mass is 32.2. The van der Waals surface area contributed by atoms with E-state index in [-0.39, 0.29) is 11.2 Å². The quantitative estimate of drug-likeness (QED) is 0.691. The van der Waals surface area contributed by atoms with Gasteiger partial charge in [0.1, 0.15) is 11.4 Å². The Hall–Kier alpha value is -1.63. The molecule has 1 N–H and O–H groups in total. The zero-order chi connectivity index (χ0) is 15.5. The maximum Gasteiger partial charge on any atom is 0.233 e. The van der Waals surface area contributed by atoms with Gasteiger partial charge in [0.15, 0.2) is 5.65 Å². The van der Waals surface area contributed by atoms with Crippen molar-refractivity contribution in [2.45, 2.75) is 55.3 Å². The maximum atomic E-state index is 12.4. The Morgan fingerprint density at radius 3 is 2.91 bits per heavy atom. The molecule has 1 amide bonds. The van der Waals surface area contributed by atoms with Crippen molar-refractivity contribution in [3.05, 3.63) is 12.5 Å². The molecule has 2 aromatic rings. The zero-order valence-corrected chi connectivity index (χ0v) is 13.8. The Morgan fingerprint density at radius 1 is 1.36 bits per heavy atom. The van der Waals surface area contributed by atoms with Crippen molar-refractivity contribution >= 4 is 28.7 Å². The first kappa shape index (κ1) is 15.3. The van der Waals surface area contributed by atoms with Gasteiger partial charge in [-0.25, -0.2) is 9.97 Å². The Labute approximate surface area is 134 Å². The predicted molar refractivity (Wildman–Crippen MR) is 86.6 cm³/mol. The van der Waals surface area contributed by atoms with Gasteiger partial charge < -0.3 is 5.32 Å². The molecule has 1 aliphatic carbocycles. The van der Waals surface area contributed by atoms with Crippen LogP contribution >= 0.6 is 11.8 Å². The van der Waals surface area contributed by atoms with Crippen molar-refractivity contribution in [3.8, 4) is 0 Å². The molecule has 0 radical (unpaired) electrons. The second-order valence-electron chi connectivity index (χ2n) is 5.79. The molecule has 6 nitrogen and oxygen atoms in total. The van der Waals surface area contributed by atoms with Crippen LogP contribution in [0.25, 0.3) is 11.0 Å². The van der Waals surface area contributed by atoms with E-state index in [0.717, 1.165) is 28.9 Å². The van der Waals surface area contributed by atoms with E-state index in [9.17, 15) is 4.79 Å². The average Bonchev–Trinajstić information content (AvgIpc) is 2.91. The first-order valence-corrected chi connectivity index (χ1v) is 8.63. The molecule has 118 valence electrons. The van der Waals surface area contributed by atoms with Gasteiger partial charge in [0.05, 0.1) is 16.8 Å². The zero-order valence-electron chi connectivity index (χ0n) is 13.0. The molecule has 0 saturated heterocycles. The highest BCUT2D eigenvalue weighted by Crippen LogP contribution is 2.28.